The average Bonchev–Trinajstić information content (AvgIpc) is 2.22. The summed E-state index contributed by atoms with van der Waals surface area (Å²) in [6, 6.07) is 0. The Kier molecular flexibility index (Phi) is 0.648. The van der Waals surface area contributed by atoms with Gasteiger partial charge in [-0.15, -0.1) is 0 Å². The van der Waals surface area contributed by atoms with E-state index in [1.807, 2.05) is 13.8 Å². The van der Waals surface area contributed by atoms with Gasteiger partial charge in [-0.3, -0.25) is 0 Å². The molecule has 1 aliphatic heterocycles. The van der Waals surface area contributed by atoms with Crippen LogP contribution in [0.5, 0.6) is 0 Å². The van der Waals surface area contributed by atoms with Gasteiger partial charge in [-0.25, -0.2) is 0 Å². The molecule has 1 saturated heterocycles. The molecular formula is C4H8O2. The lowest BCUT2D eigenvalue weighted by Crippen LogP contribution is -1.97. The first-order valence-corrected chi connectivity index (χ1v) is 2.14. The summed E-state index contributed by atoms with van der Waals surface area (Å²) in [5, 5.41) is 0. The van der Waals surface area contributed by atoms with Gasteiger partial charge < -0.3 is 0 Å². The molecule has 0 spiro atoms. The van der Waals surface area contributed by atoms with Gasteiger partial charge in [0.2, 0.25) is 5.79 Å². The van der Waals surface area contributed by atoms with Crippen LogP contribution in [0.1, 0.15) is 20.3 Å². The zero-order chi connectivity index (χ0) is 4.62. The van der Waals surface area contributed by atoms with Crippen LogP contribution in [0.2, 0.25) is 0 Å². The van der Waals surface area contributed by atoms with E-state index < -0.39 is 0 Å². The summed E-state index contributed by atoms with van der Waals surface area (Å²) in [5.41, 5.74) is 0. The van der Waals surface area contributed by atoms with Crippen LogP contribution in [-0.2, 0) is 9.78 Å². The van der Waals surface area contributed by atoms with Crippen LogP contribution in [0.25, 0.3) is 0 Å². The highest BCUT2D eigenvalue weighted by Gasteiger charge is 2.40. The topological polar surface area (TPSA) is 25.1 Å². The van der Waals surface area contributed by atoms with E-state index in [9.17, 15) is 0 Å². The maximum absolute atomic E-state index is 4.55. The Hall–Kier alpha value is -0.0800. The van der Waals surface area contributed by atoms with E-state index in [2.05, 4.69) is 9.78 Å². The largest absolute Gasteiger partial charge is 0.231 e. The van der Waals surface area contributed by atoms with Crippen molar-refractivity contribution >= 4 is 0 Å². The molecule has 0 unspecified atom stereocenters. The molecule has 36 valence electrons. The molecule has 0 aliphatic carbocycles. The quantitative estimate of drug-likeness (QED) is 0.354. The standard InChI is InChI=1S/C4H8O2/c1-3-4(2)5-6-4/h3H2,1-2H3. The number of hydrogen-bond donors (Lipinski definition) is 0. The predicted octanol–water partition coefficient (Wildman–Crippen LogP) is 1.07. The Balaban J connectivity index is 2.28. The van der Waals surface area contributed by atoms with Gasteiger partial charge in [0, 0.05) is 6.42 Å². The monoisotopic (exact) mass is 88.1 g/mol. The van der Waals surface area contributed by atoms with Gasteiger partial charge in [0.1, 0.15) is 0 Å². The van der Waals surface area contributed by atoms with Crippen molar-refractivity contribution in [1.29, 1.82) is 0 Å². The van der Waals surface area contributed by atoms with Crippen LogP contribution in [0.4, 0.5) is 0 Å². The maximum atomic E-state index is 4.55. The molecule has 2 heteroatoms. The fourth-order valence-electron chi connectivity index (χ4n) is 0.189. The fourth-order valence-corrected chi connectivity index (χ4v) is 0.189. The number of rotatable bonds is 1. The van der Waals surface area contributed by atoms with Crippen LogP contribution in [-0.4, -0.2) is 5.79 Å². The van der Waals surface area contributed by atoms with Gasteiger partial charge in [0.25, 0.3) is 0 Å². The van der Waals surface area contributed by atoms with Crippen molar-refractivity contribution in [2.45, 2.75) is 26.1 Å². The summed E-state index contributed by atoms with van der Waals surface area (Å²) in [5.74, 6) is -0.208. The smallest absolute Gasteiger partial charge is 0.195 e. The first-order valence-electron chi connectivity index (χ1n) is 2.14. The second-order valence-electron chi connectivity index (χ2n) is 1.65. The lowest BCUT2D eigenvalue weighted by atomic mass is 10.3. The molecule has 1 rings (SSSR count). The third-order valence-electron chi connectivity index (χ3n) is 1.01. The molecule has 0 radical (unpaired) electrons. The minimum Gasteiger partial charge on any atom is -0.195 e. The molecule has 1 aliphatic rings. The van der Waals surface area contributed by atoms with Gasteiger partial charge in [0.05, 0.1) is 0 Å². The molecule has 6 heavy (non-hydrogen) atoms. The lowest BCUT2D eigenvalue weighted by Gasteiger charge is -1.84. The SMILES string of the molecule is CCC1(C)OO1. The Morgan fingerprint density at radius 2 is 2.00 bits per heavy atom. The second-order valence-corrected chi connectivity index (χ2v) is 1.65. The molecule has 0 atom stereocenters. The Labute approximate surface area is 37.0 Å². The zero-order valence-corrected chi connectivity index (χ0v) is 4.02. The molecular weight excluding hydrogens is 80.0 g/mol. The van der Waals surface area contributed by atoms with Crippen molar-refractivity contribution < 1.29 is 9.78 Å². The molecule has 0 aromatic carbocycles. The summed E-state index contributed by atoms with van der Waals surface area (Å²) >= 11 is 0. The molecule has 0 aromatic heterocycles. The fraction of sp³-hybridized carbons (Fsp3) is 1.00. The summed E-state index contributed by atoms with van der Waals surface area (Å²) in [7, 11) is 0. The average molecular weight is 88.1 g/mol. The summed E-state index contributed by atoms with van der Waals surface area (Å²) in [6.07, 6.45) is 0.938. The maximum Gasteiger partial charge on any atom is 0.231 e. The van der Waals surface area contributed by atoms with Crippen molar-refractivity contribution in [1.82, 2.24) is 0 Å². The van der Waals surface area contributed by atoms with Gasteiger partial charge >= 0.3 is 0 Å². The van der Waals surface area contributed by atoms with Crippen molar-refractivity contribution in [3.05, 3.63) is 0 Å². The molecule has 2 nitrogen and oxygen atoms in total. The van der Waals surface area contributed by atoms with Crippen LogP contribution in [0.3, 0.4) is 0 Å². The number of hydrogen-bond acceptors (Lipinski definition) is 2. The molecule has 0 bridgehead atoms. The summed E-state index contributed by atoms with van der Waals surface area (Å²) in [4.78, 5) is 9.09. The van der Waals surface area contributed by atoms with E-state index in [0.717, 1.165) is 6.42 Å². The zero-order valence-electron chi connectivity index (χ0n) is 4.02. The van der Waals surface area contributed by atoms with E-state index in [-0.39, 0.29) is 5.79 Å². The van der Waals surface area contributed by atoms with Crippen LogP contribution >= 0.6 is 0 Å². The van der Waals surface area contributed by atoms with Crippen LogP contribution in [0, 0.1) is 0 Å². The van der Waals surface area contributed by atoms with Crippen molar-refractivity contribution in [2.75, 3.05) is 0 Å². The van der Waals surface area contributed by atoms with Gasteiger partial charge in [-0.2, -0.15) is 9.78 Å². The molecule has 0 saturated carbocycles. The molecule has 0 aromatic rings. The minimum atomic E-state index is -0.208. The van der Waals surface area contributed by atoms with Crippen molar-refractivity contribution in [2.24, 2.45) is 0 Å². The van der Waals surface area contributed by atoms with E-state index in [0.29, 0.717) is 0 Å². The van der Waals surface area contributed by atoms with Gasteiger partial charge in [-0.1, -0.05) is 6.92 Å². The molecule has 1 heterocycles. The molecule has 1 fully saturated rings. The highest BCUT2D eigenvalue weighted by molar-refractivity contribution is 4.61. The van der Waals surface area contributed by atoms with Crippen molar-refractivity contribution in [3.8, 4) is 0 Å². The highest BCUT2D eigenvalue weighted by atomic mass is 17.4. The Morgan fingerprint density at radius 1 is 1.50 bits per heavy atom. The Morgan fingerprint density at radius 3 is 2.00 bits per heavy atom. The van der Waals surface area contributed by atoms with Crippen LogP contribution in [0.15, 0.2) is 0 Å². The van der Waals surface area contributed by atoms with Crippen molar-refractivity contribution in [3.63, 3.8) is 0 Å². The van der Waals surface area contributed by atoms with Crippen LogP contribution < -0.4 is 0 Å². The Bertz CT molecular complexity index is 56.6. The summed E-state index contributed by atoms with van der Waals surface area (Å²) < 4.78 is 0. The van der Waals surface area contributed by atoms with Gasteiger partial charge in [-0.05, 0) is 6.92 Å². The first-order chi connectivity index (χ1) is 2.77. The second kappa shape index (κ2) is 0.950. The third-order valence-corrected chi connectivity index (χ3v) is 1.01. The van der Waals surface area contributed by atoms with E-state index in [1.54, 1.807) is 0 Å². The first kappa shape index (κ1) is 4.09. The molecule has 0 N–H and O–H groups in total. The van der Waals surface area contributed by atoms with E-state index >= 15 is 0 Å². The van der Waals surface area contributed by atoms with E-state index in [4.69, 9.17) is 0 Å². The molecule has 0 amide bonds. The predicted molar refractivity (Wildman–Crippen MR) is 20.9 cm³/mol. The van der Waals surface area contributed by atoms with E-state index in [1.165, 1.54) is 0 Å². The summed E-state index contributed by atoms with van der Waals surface area (Å²) in [6.45, 7) is 3.93. The third kappa shape index (κ3) is 0.533. The van der Waals surface area contributed by atoms with Gasteiger partial charge in [0.15, 0.2) is 0 Å². The lowest BCUT2D eigenvalue weighted by molar-refractivity contribution is 0.0850. The minimum absolute atomic E-state index is 0.208. The normalized spacial score (nSPS) is 27.0. The highest BCUT2D eigenvalue weighted by Crippen LogP contribution is 2.31.